The number of hydrogen-bond acceptors (Lipinski definition) is 6. The number of fused-ring (bicyclic) bond motifs is 1. The van der Waals surface area contributed by atoms with Crippen LogP contribution in [0.4, 0.5) is 5.82 Å². The highest BCUT2D eigenvalue weighted by Crippen LogP contribution is 2.30. The molecule has 32 heavy (non-hydrogen) atoms. The Kier molecular flexibility index (Phi) is 6.14. The van der Waals surface area contributed by atoms with Crippen LogP contribution in [-0.4, -0.2) is 42.5 Å². The zero-order valence-electron chi connectivity index (χ0n) is 18.5. The van der Waals surface area contributed by atoms with Gasteiger partial charge in [0.15, 0.2) is 11.5 Å². The van der Waals surface area contributed by atoms with Crippen LogP contribution in [0, 0.1) is 0 Å². The molecule has 0 aliphatic carbocycles. The fourth-order valence-corrected chi connectivity index (χ4v) is 5.29. The summed E-state index contributed by atoms with van der Waals surface area (Å²) >= 11 is 1.86. The number of hydrogen-bond donors (Lipinski definition) is 2. The Hall–Kier alpha value is -2.84. The van der Waals surface area contributed by atoms with Gasteiger partial charge in [-0.15, -0.1) is 11.8 Å². The summed E-state index contributed by atoms with van der Waals surface area (Å²) in [5.74, 6) is 1.20. The van der Waals surface area contributed by atoms with Crippen molar-refractivity contribution in [3.8, 4) is 5.69 Å². The van der Waals surface area contributed by atoms with Crippen molar-refractivity contribution in [2.24, 2.45) is 0 Å². The number of rotatable bonds is 7. The highest BCUT2D eigenvalue weighted by molar-refractivity contribution is 7.99. The minimum absolute atomic E-state index is 0.384. The van der Waals surface area contributed by atoms with Gasteiger partial charge in [0.2, 0.25) is 0 Å². The van der Waals surface area contributed by atoms with E-state index in [9.17, 15) is 0 Å². The zero-order chi connectivity index (χ0) is 21.9. The fraction of sp³-hybridized carbons (Fsp3) is 0.375. The van der Waals surface area contributed by atoms with Crippen LogP contribution in [0.1, 0.15) is 43.9 Å². The van der Waals surface area contributed by atoms with Crippen molar-refractivity contribution in [1.29, 1.82) is 0 Å². The van der Waals surface area contributed by atoms with E-state index in [2.05, 4.69) is 58.4 Å². The molecule has 0 saturated carbocycles. The number of piperidine rings is 1. The monoisotopic (exact) mass is 447 g/mol. The van der Waals surface area contributed by atoms with Crippen LogP contribution in [0.5, 0.6) is 0 Å². The summed E-state index contributed by atoms with van der Waals surface area (Å²) in [6.45, 7) is 7.20. The lowest BCUT2D eigenvalue weighted by Gasteiger charge is -2.22. The maximum atomic E-state index is 4.99. The Bertz CT molecular complexity index is 1180. The van der Waals surface area contributed by atoms with E-state index in [0.29, 0.717) is 17.7 Å². The first kappa shape index (κ1) is 21.0. The molecule has 1 aliphatic heterocycles. The van der Waals surface area contributed by atoms with E-state index in [0.717, 1.165) is 40.8 Å². The molecule has 1 aromatic carbocycles. The van der Waals surface area contributed by atoms with Gasteiger partial charge < -0.3 is 10.6 Å². The Morgan fingerprint density at radius 3 is 2.94 bits per heavy atom. The number of imidazole rings is 1. The molecule has 0 bridgehead atoms. The summed E-state index contributed by atoms with van der Waals surface area (Å²) < 4.78 is 4.10. The number of anilines is 1. The summed E-state index contributed by atoms with van der Waals surface area (Å²) in [7, 11) is 0. The number of thioether (sulfide) groups is 1. The second kappa shape index (κ2) is 9.34. The highest BCUT2D eigenvalue weighted by atomic mass is 32.2. The van der Waals surface area contributed by atoms with E-state index in [4.69, 9.17) is 9.97 Å². The lowest BCUT2D eigenvalue weighted by atomic mass is 10.1. The molecule has 1 atom stereocenters. The predicted octanol–water partition coefficient (Wildman–Crippen LogP) is 4.49. The Morgan fingerprint density at radius 2 is 2.16 bits per heavy atom. The van der Waals surface area contributed by atoms with E-state index >= 15 is 0 Å². The van der Waals surface area contributed by atoms with E-state index < -0.39 is 0 Å². The van der Waals surface area contributed by atoms with Gasteiger partial charge in [-0.05, 0) is 43.0 Å². The number of benzene rings is 1. The molecule has 8 heteroatoms. The Morgan fingerprint density at radius 1 is 1.25 bits per heavy atom. The molecule has 0 amide bonds. The van der Waals surface area contributed by atoms with Crippen LogP contribution in [0.2, 0.25) is 0 Å². The normalized spacial score (nSPS) is 16.7. The van der Waals surface area contributed by atoms with Crippen molar-refractivity contribution in [2.75, 3.05) is 18.4 Å². The van der Waals surface area contributed by atoms with Gasteiger partial charge in [0.05, 0.1) is 5.69 Å². The first-order valence-corrected chi connectivity index (χ1v) is 12.1. The van der Waals surface area contributed by atoms with Gasteiger partial charge in [-0.2, -0.15) is 5.10 Å². The second-order valence-electron chi connectivity index (χ2n) is 8.48. The zero-order valence-corrected chi connectivity index (χ0v) is 19.3. The molecule has 0 radical (unpaired) electrons. The van der Waals surface area contributed by atoms with Crippen molar-refractivity contribution >= 4 is 23.2 Å². The average molecular weight is 448 g/mol. The van der Waals surface area contributed by atoms with Crippen molar-refractivity contribution in [3.05, 3.63) is 66.4 Å². The second-order valence-corrected chi connectivity index (χ2v) is 9.80. The molecule has 2 N–H and O–H groups in total. The fourth-order valence-electron chi connectivity index (χ4n) is 4.15. The summed E-state index contributed by atoms with van der Waals surface area (Å²) in [6, 6.07) is 10.2. The SMILES string of the molecule is CC(C)c1cnc2c(NCc3ccccc3-n3cccn3)nc(SC3CCCNC3)cn12. The summed E-state index contributed by atoms with van der Waals surface area (Å²) in [5.41, 5.74) is 4.29. The number of aromatic nitrogens is 5. The molecule has 5 rings (SSSR count). The smallest absolute Gasteiger partial charge is 0.180 e. The number of para-hydroxylation sites is 1. The molecule has 1 unspecified atom stereocenters. The summed E-state index contributed by atoms with van der Waals surface area (Å²) in [5, 5.41) is 13.1. The molecule has 1 aliphatic rings. The molecule has 0 spiro atoms. The molecule has 1 saturated heterocycles. The van der Waals surface area contributed by atoms with Crippen LogP contribution in [0.3, 0.4) is 0 Å². The van der Waals surface area contributed by atoms with Gasteiger partial charge in [-0.25, -0.2) is 14.6 Å². The van der Waals surface area contributed by atoms with E-state index in [-0.39, 0.29) is 0 Å². The molecule has 3 aromatic heterocycles. The predicted molar refractivity (Wildman–Crippen MR) is 130 cm³/mol. The molecular weight excluding hydrogens is 418 g/mol. The van der Waals surface area contributed by atoms with E-state index in [1.807, 2.05) is 41.0 Å². The quantitative estimate of drug-likeness (QED) is 0.435. The largest absolute Gasteiger partial charge is 0.363 e. The molecule has 1 fully saturated rings. The van der Waals surface area contributed by atoms with E-state index in [1.165, 1.54) is 18.5 Å². The van der Waals surface area contributed by atoms with E-state index in [1.54, 1.807) is 6.20 Å². The Labute approximate surface area is 192 Å². The molecule has 4 heterocycles. The van der Waals surface area contributed by atoms with Gasteiger partial charge in [-0.3, -0.25) is 4.40 Å². The first-order chi connectivity index (χ1) is 15.7. The highest BCUT2D eigenvalue weighted by Gasteiger charge is 2.19. The van der Waals surface area contributed by atoms with Gasteiger partial charge >= 0.3 is 0 Å². The van der Waals surface area contributed by atoms with Crippen molar-refractivity contribution in [2.45, 2.75) is 49.4 Å². The molecule has 166 valence electrons. The number of nitrogens with zero attached hydrogens (tertiary/aromatic N) is 5. The summed E-state index contributed by atoms with van der Waals surface area (Å²) in [6.07, 6.45) is 10.3. The van der Waals surface area contributed by atoms with Crippen LogP contribution >= 0.6 is 11.8 Å². The third kappa shape index (κ3) is 4.38. The lowest BCUT2D eigenvalue weighted by molar-refractivity contribution is 0.531. The molecular formula is C24H29N7S. The van der Waals surface area contributed by atoms with Crippen LogP contribution in [0.15, 0.2) is 60.1 Å². The number of nitrogens with one attached hydrogen (secondary N) is 2. The molecule has 4 aromatic rings. The minimum Gasteiger partial charge on any atom is -0.363 e. The maximum Gasteiger partial charge on any atom is 0.180 e. The third-order valence-corrected chi connectivity index (χ3v) is 6.99. The standard InChI is InChI=1S/C24H29N7S/c1-17(2)21-15-27-24-23(29-22(16-30(21)24)32-19-8-5-10-25-14-19)26-13-18-7-3-4-9-20(18)31-12-6-11-28-31/h3-4,6-7,9,11-12,15-17,19,25H,5,8,10,13-14H2,1-2H3,(H,26,29). The first-order valence-electron chi connectivity index (χ1n) is 11.3. The van der Waals surface area contributed by atoms with Crippen LogP contribution in [0.25, 0.3) is 11.3 Å². The minimum atomic E-state index is 0.384. The Balaban J connectivity index is 1.46. The topological polar surface area (TPSA) is 72.1 Å². The van der Waals surface area contributed by atoms with Gasteiger partial charge in [0, 0.05) is 48.8 Å². The maximum absolute atomic E-state index is 4.99. The van der Waals surface area contributed by atoms with Gasteiger partial charge in [0.25, 0.3) is 0 Å². The molecule has 7 nitrogen and oxygen atoms in total. The van der Waals surface area contributed by atoms with Crippen molar-refractivity contribution in [1.82, 2.24) is 29.5 Å². The average Bonchev–Trinajstić information content (AvgIpc) is 3.49. The third-order valence-electron chi connectivity index (χ3n) is 5.82. The van der Waals surface area contributed by atoms with Crippen molar-refractivity contribution in [3.63, 3.8) is 0 Å². The summed E-state index contributed by atoms with van der Waals surface area (Å²) in [4.78, 5) is 9.70. The lowest BCUT2D eigenvalue weighted by Crippen LogP contribution is -2.31. The van der Waals surface area contributed by atoms with Crippen LogP contribution in [-0.2, 0) is 6.54 Å². The van der Waals surface area contributed by atoms with Gasteiger partial charge in [-0.1, -0.05) is 32.0 Å². The van der Waals surface area contributed by atoms with Crippen LogP contribution < -0.4 is 10.6 Å². The van der Waals surface area contributed by atoms with Gasteiger partial charge in [0.1, 0.15) is 5.03 Å². The van der Waals surface area contributed by atoms with Crippen molar-refractivity contribution < 1.29 is 0 Å².